The molecule has 6 nitrogen and oxygen atoms in total. The number of hydrogen-bond acceptors (Lipinski definition) is 6. The number of hydrogen-bond donors (Lipinski definition) is 1. The van der Waals surface area contributed by atoms with Gasteiger partial charge < -0.3 is 9.47 Å². The Hall–Kier alpha value is -2.79. The van der Waals surface area contributed by atoms with Crippen LogP contribution in [0.4, 0.5) is 18.9 Å². The normalized spacial score (nSPS) is 11.8. The summed E-state index contributed by atoms with van der Waals surface area (Å²) >= 11 is 1.41. The quantitative estimate of drug-likeness (QED) is 0.600. The molecule has 0 aliphatic rings. The van der Waals surface area contributed by atoms with Gasteiger partial charge in [0.25, 0.3) is 10.0 Å². The van der Waals surface area contributed by atoms with Gasteiger partial charge in [-0.05, 0) is 24.3 Å². The van der Waals surface area contributed by atoms with Gasteiger partial charge in [0.2, 0.25) is 0 Å². The van der Waals surface area contributed by atoms with E-state index in [9.17, 15) is 21.6 Å². The second kappa shape index (κ2) is 8.07. The summed E-state index contributed by atoms with van der Waals surface area (Å²) in [6.07, 6.45) is -5.02. The van der Waals surface area contributed by atoms with Crippen LogP contribution in [0.2, 0.25) is 0 Å². The first-order valence-electron chi connectivity index (χ1n) is 7.70. The van der Waals surface area contributed by atoms with Crippen LogP contribution >= 0.6 is 11.3 Å². The number of rotatable bonds is 7. The van der Waals surface area contributed by atoms with E-state index in [1.54, 1.807) is 17.6 Å². The second-order valence-electron chi connectivity index (χ2n) is 5.40. The first-order valence-corrected chi connectivity index (χ1v) is 10.1. The predicted octanol–water partition coefficient (Wildman–Crippen LogP) is 4.42. The van der Waals surface area contributed by atoms with Crippen LogP contribution < -0.4 is 14.2 Å². The third-order valence-corrected chi connectivity index (χ3v) is 5.38. The van der Waals surface area contributed by atoms with E-state index >= 15 is 0 Å². The molecule has 0 saturated carbocycles. The van der Waals surface area contributed by atoms with Gasteiger partial charge in [-0.3, -0.25) is 4.72 Å². The Morgan fingerprint density at radius 3 is 2.61 bits per heavy atom. The summed E-state index contributed by atoms with van der Waals surface area (Å²) in [6, 6.07) is 10.5. The molecule has 0 aliphatic carbocycles. The molecule has 0 atom stereocenters. The molecule has 0 amide bonds. The van der Waals surface area contributed by atoms with Crippen molar-refractivity contribution in [2.45, 2.75) is 17.9 Å². The van der Waals surface area contributed by atoms with Crippen molar-refractivity contribution in [3.05, 3.63) is 65.1 Å². The monoisotopic (exact) mass is 430 g/mol. The van der Waals surface area contributed by atoms with E-state index in [0.717, 1.165) is 12.1 Å². The summed E-state index contributed by atoms with van der Waals surface area (Å²) in [4.78, 5) is 3.43. The number of nitrogens with one attached hydrogen (secondary N) is 1. The lowest BCUT2D eigenvalue weighted by Crippen LogP contribution is -2.20. The van der Waals surface area contributed by atoms with E-state index in [2.05, 4.69) is 14.4 Å². The highest BCUT2D eigenvalue weighted by Crippen LogP contribution is 2.31. The molecule has 0 bridgehead atoms. The van der Waals surface area contributed by atoms with Gasteiger partial charge in [0.15, 0.2) is 0 Å². The summed E-state index contributed by atoms with van der Waals surface area (Å²) in [5.41, 5.74) is 2.50. The maximum Gasteiger partial charge on any atom is 0.573 e. The molecule has 11 heteroatoms. The summed E-state index contributed by atoms with van der Waals surface area (Å²) in [5, 5.41) is 1.81. The largest absolute Gasteiger partial charge is 0.573 e. The van der Waals surface area contributed by atoms with Crippen molar-refractivity contribution in [2.75, 3.05) is 4.72 Å². The Bertz CT molecular complexity index is 1040. The first kappa shape index (κ1) is 20.0. The number of benzene rings is 2. The van der Waals surface area contributed by atoms with Crippen molar-refractivity contribution >= 4 is 27.0 Å². The molecular weight excluding hydrogens is 417 g/mol. The van der Waals surface area contributed by atoms with Gasteiger partial charge in [0, 0.05) is 11.4 Å². The highest BCUT2D eigenvalue weighted by Gasteiger charge is 2.34. The van der Waals surface area contributed by atoms with E-state index < -0.39 is 27.0 Å². The molecular formula is C17H13F3N2O4S2. The zero-order valence-electron chi connectivity index (χ0n) is 14.0. The van der Waals surface area contributed by atoms with Gasteiger partial charge in [-0.2, -0.15) is 0 Å². The summed E-state index contributed by atoms with van der Waals surface area (Å²) in [7, 11) is -4.33. The molecule has 28 heavy (non-hydrogen) atoms. The smallest absolute Gasteiger partial charge is 0.487 e. The molecule has 0 aliphatic heterocycles. The van der Waals surface area contributed by atoms with Crippen LogP contribution in [0.5, 0.6) is 11.5 Å². The van der Waals surface area contributed by atoms with E-state index in [1.165, 1.54) is 35.6 Å². The lowest BCUT2D eigenvalue weighted by Gasteiger charge is -2.14. The highest BCUT2D eigenvalue weighted by atomic mass is 32.2. The molecule has 0 radical (unpaired) electrons. The van der Waals surface area contributed by atoms with Gasteiger partial charge in [0.1, 0.15) is 23.0 Å². The van der Waals surface area contributed by atoms with Crippen molar-refractivity contribution in [1.29, 1.82) is 0 Å². The zero-order chi connectivity index (χ0) is 20.2. The lowest BCUT2D eigenvalue weighted by atomic mass is 10.3. The van der Waals surface area contributed by atoms with Crippen LogP contribution in [0.25, 0.3) is 0 Å². The molecule has 3 aromatic rings. The van der Waals surface area contributed by atoms with E-state index in [-0.39, 0.29) is 12.3 Å². The Kier molecular flexibility index (Phi) is 5.75. The maximum atomic E-state index is 12.6. The molecule has 0 fully saturated rings. The fraction of sp³-hybridized carbons (Fsp3) is 0.118. The predicted molar refractivity (Wildman–Crippen MR) is 96.8 cm³/mol. The van der Waals surface area contributed by atoms with Crippen LogP contribution in [-0.4, -0.2) is 19.8 Å². The summed E-state index contributed by atoms with van der Waals surface area (Å²) in [5.74, 6) is -0.452. The minimum atomic E-state index is -5.02. The Morgan fingerprint density at radius 2 is 1.89 bits per heavy atom. The van der Waals surface area contributed by atoms with Crippen LogP contribution in [0.15, 0.2) is 64.3 Å². The molecule has 0 saturated heterocycles. The molecule has 0 spiro atoms. The fourth-order valence-electron chi connectivity index (χ4n) is 2.21. The van der Waals surface area contributed by atoms with Gasteiger partial charge in [-0.15, -0.1) is 24.5 Å². The number of thiazole rings is 1. The molecule has 148 valence electrons. The number of ether oxygens (including phenoxy) is 2. The molecule has 1 aromatic heterocycles. The van der Waals surface area contributed by atoms with Crippen molar-refractivity contribution in [3.63, 3.8) is 0 Å². The van der Waals surface area contributed by atoms with Gasteiger partial charge in [-0.1, -0.05) is 18.2 Å². The average molecular weight is 430 g/mol. The van der Waals surface area contributed by atoms with E-state index in [1.807, 2.05) is 5.38 Å². The van der Waals surface area contributed by atoms with Gasteiger partial charge in [0.05, 0.1) is 16.9 Å². The topological polar surface area (TPSA) is 77.5 Å². The van der Waals surface area contributed by atoms with Crippen LogP contribution in [-0.2, 0) is 16.6 Å². The number of anilines is 1. The standard InChI is InChI=1S/C17H13F3N2O4S2/c18-17(19,20)26-15-6-1-2-7-16(15)28(23,24)22-12-4-3-5-14(8-12)25-9-13-10-27-11-21-13/h1-8,10-11,22H,9H2. The van der Waals surface area contributed by atoms with Crippen LogP contribution in [0, 0.1) is 0 Å². The Balaban J connectivity index is 1.78. The van der Waals surface area contributed by atoms with Crippen molar-refractivity contribution < 1.29 is 31.1 Å². The number of nitrogens with zero attached hydrogens (tertiary/aromatic N) is 1. The van der Waals surface area contributed by atoms with Crippen molar-refractivity contribution in [1.82, 2.24) is 4.98 Å². The molecule has 1 N–H and O–H groups in total. The van der Waals surface area contributed by atoms with E-state index in [4.69, 9.17) is 4.74 Å². The third kappa shape index (κ3) is 5.36. The molecule has 1 heterocycles. The number of sulfonamides is 1. The number of para-hydroxylation sites is 1. The number of aromatic nitrogens is 1. The Morgan fingerprint density at radius 1 is 1.11 bits per heavy atom. The fourth-order valence-corrected chi connectivity index (χ4v) is 3.93. The summed E-state index contributed by atoms with van der Waals surface area (Å²) in [6.45, 7) is 0.196. The maximum absolute atomic E-state index is 12.6. The minimum Gasteiger partial charge on any atom is -0.487 e. The van der Waals surface area contributed by atoms with Crippen LogP contribution in [0.3, 0.4) is 0 Å². The van der Waals surface area contributed by atoms with E-state index in [0.29, 0.717) is 11.4 Å². The van der Waals surface area contributed by atoms with Crippen molar-refractivity contribution in [3.8, 4) is 11.5 Å². The molecule has 0 unspecified atom stereocenters. The first-order chi connectivity index (χ1) is 13.2. The molecule has 2 aromatic carbocycles. The molecule has 3 rings (SSSR count). The number of alkyl halides is 3. The van der Waals surface area contributed by atoms with Crippen LogP contribution in [0.1, 0.15) is 5.69 Å². The SMILES string of the molecule is O=S(=O)(Nc1cccc(OCc2cscn2)c1)c1ccccc1OC(F)(F)F. The van der Waals surface area contributed by atoms with Gasteiger partial charge in [-0.25, -0.2) is 13.4 Å². The average Bonchev–Trinajstić information content (AvgIpc) is 3.12. The minimum absolute atomic E-state index is 0.123. The lowest BCUT2D eigenvalue weighted by molar-refractivity contribution is -0.275. The Labute approximate surface area is 162 Å². The number of halogens is 3. The van der Waals surface area contributed by atoms with Gasteiger partial charge >= 0.3 is 6.36 Å². The third-order valence-electron chi connectivity index (χ3n) is 3.32. The summed E-state index contributed by atoms with van der Waals surface area (Å²) < 4.78 is 74.3. The van der Waals surface area contributed by atoms with Crippen molar-refractivity contribution in [2.24, 2.45) is 0 Å². The zero-order valence-corrected chi connectivity index (χ0v) is 15.6. The highest BCUT2D eigenvalue weighted by molar-refractivity contribution is 7.92. The second-order valence-corrected chi connectivity index (χ2v) is 7.77.